The molecule has 26 heavy (non-hydrogen) atoms. The zero-order chi connectivity index (χ0) is 18.5. The van der Waals surface area contributed by atoms with Gasteiger partial charge in [-0.1, -0.05) is 15.9 Å². The van der Waals surface area contributed by atoms with Crippen molar-refractivity contribution < 1.29 is 9.72 Å². The molecule has 1 amide bonds. The first-order valence-electron chi connectivity index (χ1n) is 8.12. The summed E-state index contributed by atoms with van der Waals surface area (Å²) in [6.45, 7) is 1.42. The molecule has 1 fully saturated rings. The van der Waals surface area contributed by atoms with Crippen LogP contribution in [-0.2, 0) is 0 Å². The number of aromatic nitrogens is 2. The van der Waals surface area contributed by atoms with Gasteiger partial charge in [-0.2, -0.15) is 0 Å². The zero-order valence-corrected chi connectivity index (χ0v) is 15.4. The SMILES string of the molecule is O=C(NNc1ncnc(N2CCCCC2)c1[N+](=O)[O-])c1ccc(Br)cc1. The molecular formula is C16H17BrN6O3. The Morgan fingerprint density at radius 1 is 1.15 bits per heavy atom. The molecule has 10 heteroatoms. The summed E-state index contributed by atoms with van der Waals surface area (Å²) in [7, 11) is 0. The van der Waals surface area contributed by atoms with E-state index in [9.17, 15) is 14.9 Å². The number of nitrogens with zero attached hydrogens (tertiary/aromatic N) is 4. The average Bonchev–Trinajstić information content (AvgIpc) is 2.67. The van der Waals surface area contributed by atoms with Crippen LogP contribution in [0.4, 0.5) is 17.3 Å². The lowest BCUT2D eigenvalue weighted by Crippen LogP contribution is -2.33. The number of halogens is 1. The molecule has 0 atom stereocenters. The maximum absolute atomic E-state index is 12.2. The average molecular weight is 421 g/mol. The molecular weight excluding hydrogens is 404 g/mol. The fourth-order valence-electron chi connectivity index (χ4n) is 2.76. The third-order valence-corrected chi connectivity index (χ3v) is 4.57. The van der Waals surface area contributed by atoms with Crippen molar-refractivity contribution in [1.82, 2.24) is 15.4 Å². The molecule has 1 saturated heterocycles. The number of hydrogen-bond donors (Lipinski definition) is 2. The van der Waals surface area contributed by atoms with E-state index < -0.39 is 10.8 Å². The van der Waals surface area contributed by atoms with Gasteiger partial charge in [0.1, 0.15) is 6.33 Å². The van der Waals surface area contributed by atoms with Crippen molar-refractivity contribution >= 4 is 39.2 Å². The first kappa shape index (κ1) is 18.1. The van der Waals surface area contributed by atoms with Gasteiger partial charge in [-0.3, -0.25) is 25.8 Å². The third-order valence-electron chi connectivity index (χ3n) is 4.04. The van der Waals surface area contributed by atoms with Crippen molar-refractivity contribution in [3.8, 4) is 0 Å². The molecule has 2 heterocycles. The highest BCUT2D eigenvalue weighted by molar-refractivity contribution is 9.10. The molecule has 0 unspecified atom stereocenters. The molecule has 0 bridgehead atoms. The number of nitrogens with one attached hydrogen (secondary N) is 2. The van der Waals surface area contributed by atoms with Crippen LogP contribution >= 0.6 is 15.9 Å². The second kappa shape index (κ2) is 8.09. The maximum Gasteiger partial charge on any atom is 0.355 e. The Hall–Kier alpha value is -2.75. The van der Waals surface area contributed by atoms with Gasteiger partial charge in [-0.15, -0.1) is 0 Å². The molecule has 0 saturated carbocycles. The number of piperidine rings is 1. The highest BCUT2D eigenvalue weighted by Crippen LogP contribution is 2.32. The van der Waals surface area contributed by atoms with Crippen molar-refractivity contribution in [2.45, 2.75) is 19.3 Å². The molecule has 2 N–H and O–H groups in total. The van der Waals surface area contributed by atoms with E-state index in [4.69, 9.17) is 0 Å². The molecule has 3 rings (SSSR count). The molecule has 136 valence electrons. The standard InChI is InChI=1S/C16H17BrN6O3/c17-12-6-4-11(5-7-12)16(24)21-20-14-13(23(25)26)15(19-10-18-14)22-8-2-1-3-9-22/h4-7,10H,1-3,8-9H2,(H,21,24)(H,18,19,20). The minimum atomic E-state index is -0.530. The number of benzene rings is 1. The minimum absolute atomic E-state index is 0.0453. The molecule has 1 aromatic carbocycles. The van der Waals surface area contributed by atoms with E-state index in [2.05, 4.69) is 36.7 Å². The van der Waals surface area contributed by atoms with Crippen molar-refractivity contribution in [2.75, 3.05) is 23.4 Å². The van der Waals surface area contributed by atoms with Gasteiger partial charge >= 0.3 is 5.69 Å². The smallest absolute Gasteiger partial charge is 0.351 e. The Labute approximate surface area is 158 Å². The van der Waals surface area contributed by atoms with E-state index in [1.54, 1.807) is 24.3 Å². The lowest BCUT2D eigenvalue weighted by Gasteiger charge is -2.27. The molecule has 0 spiro atoms. The van der Waals surface area contributed by atoms with Crippen LogP contribution in [0.2, 0.25) is 0 Å². The van der Waals surface area contributed by atoms with E-state index >= 15 is 0 Å². The van der Waals surface area contributed by atoms with Gasteiger partial charge in [0.15, 0.2) is 0 Å². The van der Waals surface area contributed by atoms with Gasteiger partial charge in [0.2, 0.25) is 11.6 Å². The summed E-state index contributed by atoms with van der Waals surface area (Å²) < 4.78 is 0.847. The Morgan fingerprint density at radius 3 is 2.50 bits per heavy atom. The molecule has 1 aromatic heterocycles. The summed E-state index contributed by atoms with van der Waals surface area (Å²) >= 11 is 3.30. The van der Waals surface area contributed by atoms with Gasteiger partial charge in [0.25, 0.3) is 5.91 Å². The molecule has 2 aromatic rings. The number of hydrogen-bond acceptors (Lipinski definition) is 7. The summed E-state index contributed by atoms with van der Waals surface area (Å²) in [6.07, 6.45) is 4.28. The van der Waals surface area contributed by atoms with Gasteiger partial charge < -0.3 is 4.90 Å². The number of hydrazine groups is 1. The normalized spacial score (nSPS) is 14.0. The molecule has 0 radical (unpaired) electrons. The van der Waals surface area contributed by atoms with E-state index in [1.165, 1.54) is 6.33 Å². The lowest BCUT2D eigenvalue weighted by atomic mass is 10.1. The lowest BCUT2D eigenvalue weighted by molar-refractivity contribution is -0.383. The van der Waals surface area contributed by atoms with Crippen LogP contribution in [0.5, 0.6) is 0 Å². The topological polar surface area (TPSA) is 113 Å². The van der Waals surface area contributed by atoms with Crippen molar-refractivity contribution in [2.24, 2.45) is 0 Å². The van der Waals surface area contributed by atoms with Gasteiger partial charge in [0, 0.05) is 23.1 Å². The third kappa shape index (κ3) is 4.07. The summed E-state index contributed by atoms with van der Waals surface area (Å²) in [5, 5.41) is 11.6. The Morgan fingerprint density at radius 2 is 1.85 bits per heavy atom. The maximum atomic E-state index is 12.2. The van der Waals surface area contributed by atoms with Crippen LogP contribution in [0.3, 0.4) is 0 Å². The Balaban J connectivity index is 1.79. The summed E-state index contributed by atoms with van der Waals surface area (Å²) in [5.41, 5.74) is 5.16. The van der Waals surface area contributed by atoms with Crippen LogP contribution in [0.1, 0.15) is 29.6 Å². The number of nitro groups is 1. The second-order valence-electron chi connectivity index (χ2n) is 5.79. The van der Waals surface area contributed by atoms with Crippen molar-refractivity contribution in [1.29, 1.82) is 0 Å². The van der Waals surface area contributed by atoms with Gasteiger partial charge in [-0.05, 0) is 43.5 Å². The fraction of sp³-hybridized carbons (Fsp3) is 0.312. The molecule has 1 aliphatic heterocycles. The summed E-state index contributed by atoms with van der Waals surface area (Å²) in [6, 6.07) is 6.73. The number of amides is 1. The molecule has 1 aliphatic rings. The van der Waals surface area contributed by atoms with E-state index in [0.717, 1.165) is 23.7 Å². The largest absolute Gasteiger partial charge is 0.355 e. The minimum Gasteiger partial charge on any atom is -0.351 e. The summed E-state index contributed by atoms with van der Waals surface area (Å²) in [5.74, 6) is -0.203. The first-order chi connectivity index (χ1) is 12.6. The molecule has 9 nitrogen and oxygen atoms in total. The Bertz CT molecular complexity index is 808. The van der Waals surface area contributed by atoms with E-state index in [-0.39, 0.29) is 17.3 Å². The molecule has 0 aliphatic carbocycles. The Kier molecular flexibility index (Phi) is 5.61. The van der Waals surface area contributed by atoms with E-state index in [0.29, 0.717) is 18.7 Å². The van der Waals surface area contributed by atoms with Gasteiger partial charge in [-0.25, -0.2) is 9.97 Å². The predicted molar refractivity (Wildman–Crippen MR) is 100.0 cm³/mol. The van der Waals surface area contributed by atoms with Crippen molar-refractivity contribution in [3.05, 3.63) is 50.7 Å². The first-order valence-corrected chi connectivity index (χ1v) is 8.92. The fourth-order valence-corrected chi connectivity index (χ4v) is 3.02. The summed E-state index contributed by atoms with van der Waals surface area (Å²) in [4.78, 5) is 33.1. The van der Waals surface area contributed by atoms with Crippen LogP contribution < -0.4 is 15.8 Å². The quantitative estimate of drug-likeness (QED) is 0.564. The van der Waals surface area contributed by atoms with Crippen LogP contribution in [0.25, 0.3) is 0 Å². The number of anilines is 2. The monoisotopic (exact) mass is 420 g/mol. The van der Waals surface area contributed by atoms with Crippen molar-refractivity contribution in [3.63, 3.8) is 0 Å². The van der Waals surface area contributed by atoms with Crippen LogP contribution in [0.15, 0.2) is 35.1 Å². The van der Waals surface area contributed by atoms with Crippen LogP contribution in [-0.4, -0.2) is 33.9 Å². The second-order valence-corrected chi connectivity index (χ2v) is 6.70. The number of rotatable bonds is 5. The zero-order valence-electron chi connectivity index (χ0n) is 13.8. The van der Waals surface area contributed by atoms with Gasteiger partial charge in [0.05, 0.1) is 4.92 Å². The van der Waals surface area contributed by atoms with E-state index in [1.807, 2.05) is 4.90 Å². The van der Waals surface area contributed by atoms with Crippen LogP contribution in [0, 0.1) is 10.1 Å². The highest BCUT2D eigenvalue weighted by Gasteiger charge is 2.28. The number of carbonyl (C=O) groups excluding carboxylic acids is 1. The highest BCUT2D eigenvalue weighted by atomic mass is 79.9. The number of carbonyl (C=O) groups is 1. The predicted octanol–water partition coefficient (Wildman–Crippen LogP) is 2.89.